The Kier molecular flexibility index (Phi) is 23.4. The molecule has 81 heavy (non-hydrogen) atoms. The molecule has 0 bridgehead atoms. The van der Waals surface area contributed by atoms with Crippen molar-refractivity contribution < 1.29 is 102 Å². The summed E-state index contributed by atoms with van der Waals surface area (Å²) in [6.45, 7) is 10.9. The lowest BCUT2D eigenvalue weighted by atomic mass is 9.77. The van der Waals surface area contributed by atoms with Crippen molar-refractivity contribution in [3.8, 4) is 17.1 Å². The molecule has 0 saturated heterocycles. The highest BCUT2D eigenvalue weighted by Gasteiger charge is 2.44. The molecule has 2 aliphatic heterocycles. The average Bonchev–Trinajstić information content (AvgIpc) is 3.92. The maximum absolute atomic E-state index is 14.6. The number of ether oxygens (including phenoxy) is 5. The minimum absolute atomic E-state index is 0.0121. The van der Waals surface area contributed by atoms with E-state index in [1.54, 1.807) is 43.2 Å². The molecule has 4 N–H and O–H groups in total. The van der Waals surface area contributed by atoms with E-state index in [1.165, 1.54) is 18.2 Å². The zero-order valence-corrected chi connectivity index (χ0v) is 48.4. The molecule has 0 fully saturated rings. The van der Waals surface area contributed by atoms with Crippen LogP contribution in [0.15, 0.2) is 74.5 Å². The number of fused-ring (bicyclic) bond motifs is 2. The number of esters is 1. The lowest BCUT2D eigenvalue weighted by Gasteiger charge is -2.30. The predicted molar refractivity (Wildman–Crippen MR) is 288 cm³/mol. The number of rotatable bonds is 31. The Hall–Kier alpha value is -5.18. The molecule has 5 rings (SSSR count). The summed E-state index contributed by atoms with van der Waals surface area (Å²) in [6, 6.07) is 11.3. The van der Waals surface area contributed by atoms with Gasteiger partial charge in [-0.25, -0.2) is 13.4 Å². The van der Waals surface area contributed by atoms with Gasteiger partial charge in [0.05, 0.1) is 62.1 Å². The van der Waals surface area contributed by atoms with Crippen molar-refractivity contribution in [2.75, 3.05) is 89.4 Å². The van der Waals surface area contributed by atoms with Gasteiger partial charge in [-0.2, -0.15) is 42.5 Å². The fraction of sp³-hybridized carbons (Fsp3) is 0.500. The number of benzene rings is 3. The van der Waals surface area contributed by atoms with Gasteiger partial charge in [0.15, 0.2) is 23.1 Å². The van der Waals surface area contributed by atoms with Gasteiger partial charge in [0.2, 0.25) is 22.7 Å². The Labute approximate surface area is 468 Å². The van der Waals surface area contributed by atoms with Crippen LogP contribution in [0.25, 0.3) is 17.4 Å². The molecule has 29 heteroatoms. The van der Waals surface area contributed by atoms with Crippen LogP contribution in [0, 0.1) is 23.3 Å². The normalized spacial score (nSPS) is 16.3. The van der Waals surface area contributed by atoms with Crippen molar-refractivity contribution in [1.82, 2.24) is 4.58 Å². The number of unbranched alkanes of at least 4 members (excludes halogenated alkanes) is 2. The zero-order chi connectivity index (χ0) is 60.1. The van der Waals surface area contributed by atoms with Gasteiger partial charge in [0.25, 0.3) is 30.4 Å². The highest BCUT2D eigenvalue weighted by Crippen LogP contribution is 2.51. The monoisotopic (exact) mass is 1230 g/mol. The van der Waals surface area contributed by atoms with Gasteiger partial charge < -0.3 is 33.0 Å². The maximum Gasteiger partial charge on any atom is 0.311 e. The van der Waals surface area contributed by atoms with Gasteiger partial charge in [-0.1, -0.05) is 33.3 Å². The van der Waals surface area contributed by atoms with Crippen LogP contribution in [0.4, 0.5) is 23.2 Å². The molecule has 3 aliphatic rings. The molecule has 1 aliphatic carbocycles. The van der Waals surface area contributed by atoms with Gasteiger partial charge in [-0.05, 0) is 91.6 Å². The Morgan fingerprint density at radius 2 is 1.32 bits per heavy atom. The molecule has 0 amide bonds. The largest absolute Gasteiger partial charge is 0.456 e. The third kappa shape index (κ3) is 18.9. The van der Waals surface area contributed by atoms with E-state index in [-0.39, 0.29) is 64.8 Å². The first-order valence-electron chi connectivity index (χ1n) is 25.4. The number of methoxy groups -OCH3 is 1. The second-order valence-corrected chi connectivity index (χ2v) is 26.0. The van der Waals surface area contributed by atoms with Crippen molar-refractivity contribution in [3.05, 3.63) is 106 Å². The van der Waals surface area contributed by atoms with Crippen LogP contribution in [0.1, 0.15) is 89.5 Å². The zero-order valence-electron chi connectivity index (χ0n) is 45.2. The van der Waals surface area contributed by atoms with Gasteiger partial charge in [-0.15, -0.1) is 0 Å². The molecule has 450 valence electrons. The van der Waals surface area contributed by atoms with Gasteiger partial charge in [0, 0.05) is 54.9 Å². The first-order chi connectivity index (χ1) is 37.8. The minimum Gasteiger partial charge on any atom is -0.456 e. The van der Waals surface area contributed by atoms with Crippen LogP contribution < -0.4 is 19.6 Å². The molecule has 0 spiro atoms. The Balaban J connectivity index is 1.48. The quantitative estimate of drug-likeness (QED) is 0.00751. The molecular weight excluding hydrogens is 1160 g/mol. The van der Waals surface area contributed by atoms with Crippen molar-refractivity contribution in [2.45, 2.75) is 93.3 Å². The summed E-state index contributed by atoms with van der Waals surface area (Å²) < 4.78 is 226. The summed E-state index contributed by atoms with van der Waals surface area (Å²) in [5.74, 6) is -13.3. The van der Waals surface area contributed by atoms with E-state index in [0.717, 1.165) is 11.1 Å². The van der Waals surface area contributed by atoms with Crippen molar-refractivity contribution in [1.29, 1.82) is 0 Å². The minimum atomic E-state index is -5.77. The third-order valence-corrected chi connectivity index (χ3v) is 16.3. The number of carbonyl (C=O) groups is 1. The van der Waals surface area contributed by atoms with E-state index < -0.39 is 114 Å². The lowest BCUT2D eigenvalue weighted by molar-refractivity contribution is -0.135. The van der Waals surface area contributed by atoms with Crippen LogP contribution >= 0.6 is 0 Å². The van der Waals surface area contributed by atoms with E-state index in [4.69, 9.17) is 27.9 Å². The summed E-state index contributed by atoms with van der Waals surface area (Å²) in [4.78, 5) is 11.7. The fourth-order valence-corrected chi connectivity index (χ4v) is 11.2. The molecule has 21 nitrogen and oxygen atoms in total. The van der Waals surface area contributed by atoms with E-state index in [2.05, 4.69) is 4.74 Å². The molecule has 1 atom stereocenters. The number of nitrogens with zero attached hydrogens (tertiary/aromatic N) is 2. The summed E-state index contributed by atoms with van der Waals surface area (Å²) >= 11 is 0. The second kappa shape index (κ2) is 28.4. The number of anilines is 1. The molecule has 0 saturated carbocycles. The van der Waals surface area contributed by atoms with Gasteiger partial charge in [-0.3, -0.25) is 23.0 Å². The Morgan fingerprint density at radius 1 is 0.716 bits per heavy atom. The number of carbonyl (C=O) groups excluding carboxylic acids is 1. The van der Waals surface area contributed by atoms with Crippen LogP contribution in [0.2, 0.25) is 0 Å². The highest BCUT2D eigenvalue weighted by molar-refractivity contribution is 7.86. The summed E-state index contributed by atoms with van der Waals surface area (Å²) in [7, 11) is -17.7. The summed E-state index contributed by atoms with van der Waals surface area (Å²) in [5.41, 5.74) is 1.27. The standard InChI is InChI=1S/C52H66F4N2O19S4/c1-51(2,3)39-33-36(76-42-32-35(15-17-38(39)42)57(20-11-31-79(63,64)65)22-23-73-26-27-75-29-28-74-25-24-72-5)12-9-13-43-52(4,19-10-30-78(60,61)62)40-34-37(80(66,67)68)16-18-41(40)58(43)21-8-6-7-14-44(59)77-49-45(53)47(55)50(81(69,70)71)48(56)46(49)54/h9,12-13,15-18,32-34H,6-8,10-11,14,19-31H2,1-5H3,(H3-,60,61,62,63,64,65,66,67,68,69,70,71)/p+1. The summed E-state index contributed by atoms with van der Waals surface area (Å²) in [6.07, 6.45) is 4.80. The average molecular weight is 1230 g/mol. The lowest BCUT2D eigenvalue weighted by Crippen LogP contribution is -2.35. The number of hydrogen-bond acceptors (Lipinski definition) is 16. The Morgan fingerprint density at radius 3 is 1.90 bits per heavy atom. The van der Waals surface area contributed by atoms with Crippen LogP contribution in [-0.2, 0) is 75.0 Å². The SMILES string of the molecule is COCCOCCOCCOCC[N+](CCCS(=O)(=O)O)=c1ccc2c(C(C)(C)C)cc(/C=C/C=C3/N(CCCCCC(=O)Oc4c(F)c(F)c(S(=O)(=O)O)c(F)c4F)c4ccc(S(=O)(=O)O)cc4C3(C)CCCS(=O)(=O)O)oc-2c1. The predicted octanol–water partition coefficient (Wildman–Crippen LogP) is 6.99. The topological polar surface area (TPSA) is 300 Å². The fourth-order valence-electron chi connectivity index (χ4n) is 9.09. The Bertz CT molecular complexity index is 3430. The van der Waals surface area contributed by atoms with E-state index in [1.807, 2.05) is 43.5 Å². The molecule has 2 heterocycles. The smallest absolute Gasteiger partial charge is 0.311 e. The van der Waals surface area contributed by atoms with Crippen molar-refractivity contribution in [2.24, 2.45) is 0 Å². The van der Waals surface area contributed by atoms with E-state index >= 15 is 0 Å². The molecule has 1 unspecified atom stereocenters. The number of allylic oxidation sites excluding steroid dienone is 3. The molecule has 0 aromatic heterocycles. The van der Waals surface area contributed by atoms with E-state index in [0.29, 0.717) is 73.4 Å². The summed E-state index contributed by atoms with van der Waals surface area (Å²) in [5, 5.41) is 0.653. The van der Waals surface area contributed by atoms with Crippen LogP contribution in [0.5, 0.6) is 5.75 Å². The highest BCUT2D eigenvalue weighted by atomic mass is 32.2. The van der Waals surface area contributed by atoms with Crippen LogP contribution in [-0.4, -0.2) is 142 Å². The van der Waals surface area contributed by atoms with Crippen molar-refractivity contribution >= 4 is 58.2 Å². The van der Waals surface area contributed by atoms with Crippen molar-refractivity contribution in [3.63, 3.8) is 0 Å². The molecule has 2 aromatic carbocycles. The van der Waals surface area contributed by atoms with Gasteiger partial charge >= 0.3 is 16.1 Å². The first kappa shape index (κ1) is 66.6. The second-order valence-electron chi connectivity index (χ2n) is 20.1. The number of hydrogen-bond donors (Lipinski definition) is 4. The molecular formula is C52H67F4N2O19S4+. The van der Waals surface area contributed by atoms with Gasteiger partial charge in [0.1, 0.15) is 24.7 Å². The molecule has 0 radical (unpaired) electrons. The first-order valence-corrected chi connectivity index (χ1v) is 31.5. The third-order valence-electron chi connectivity index (χ3n) is 13.0. The molecule has 2 aromatic rings. The number of halogens is 4. The van der Waals surface area contributed by atoms with Crippen LogP contribution in [0.3, 0.4) is 0 Å². The maximum atomic E-state index is 14.6. The van der Waals surface area contributed by atoms with E-state index in [9.17, 15) is 69.7 Å².